The van der Waals surface area contributed by atoms with Gasteiger partial charge < -0.3 is 4.98 Å². The first-order valence-electron chi connectivity index (χ1n) is 8.83. The molecule has 0 radical (unpaired) electrons. The van der Waals surface area contributed by atoms with Crippen molar-refractivity contribution in [2.24, 2.45) is 0 Å². The lowest BCUT2D eigenvalue weighted by Crippen LogP contribution is -2.33. The lowest BCUT2D eigenvalue weighted by molar-refractivity contribution is -0.122. The minimum atomic E-state index is -0.616. The third-order valence-corrected chi connectivity index (χ3v) is 5.04. The smallest absolute Gasteiger partial charge is 0.147 e. The minimum Gasteiger partial charge on any atom is -0.361 e. The fourth-order valence-electron chi connectivity index (χ4n) is 3.51. The van der Waals surface area contributed by atoms with E-state index in [0.29, 0.717) is 12.2 Å². The van der Waals surface area contributed by atoms with Crippen molar-refractivity contribution in [2.75, 3.05) is 0 Å². The van der Waals surface area contributed by atoms with E-state index in [0.717, 1.165) is 41.3 Å². The summed E-state index contributed by atoms with van der Waals surface area (Å²) in [6.07, 6.45) is 5.82. The summed E-state index contributed by atoms with van der Waals surface area (Å²) >= 11 is 0. The normalized spacial score (nSPS) is 13.8. The molecule has 0 bridgehead atoms. The van der Waals surface area contributed by atoms with Gasteiger partial charge in [0.15, 0.2) is 0 Å². The van der Waals surface area contributed by atoms with Crippen molar-refractivity contribution >= 4 is 16.7 Å². The highest BCUT2D eigenvalue weighted by Crippen LogP contribution is 2.38. The van der Waals surface area contributed by atoms with Crippen LogP contribution in [0.4, 0.5) is 0 Å². The summed E-state index contributed by atoms with van der Waals surface area (Å²) in [6, 6.07) is 18.4. The Labute approximate surface area is 143 Å². The van der Waals surface area contributed by atoms with Gasteiger partial charge in [-0.3, -0.25) is 4.79 Å². The average Bonchev–Trinajstić information content (AvgIpc) is 3.06. The molecule has 0 saturated carbocycles. The van der Waals surface area contributed by atoms with Crippen LogP contribution in [0.3, 0.4) is 0 Å². The molecule has 0 spiro atoms. The predicted octanol–water partition coefficient (Wildman–Crippen LogP) is 5.62. The predicted molar refractivity (Wildman–Crippen MR) is 100 cm³/mol. The zero-order valence-corrected chi connectivity index (χ0v) is 14.5. The number of benzene rings is 2. The molecule has 1 aromatic heterocycles. The first kappa shape index (κ1) is 16.5. The number of ketones is 1. The van der Waals surface area contributed by atoms with Gasteiger partial charge in [0.1, 0.15) is 5.78 Å². The Morgan fingerprint density at radius 1 is 1.00 bits per heavy atom. The van der Waals surface area contributed by atoms with Crippen LogP contribution < -0.4 is 0 Å². The molecule has 24 heavy (non-hydrogen) atoms. The number of hydrogen-bond donors (Lipinski definition) is 1. The third-order valence-electron chi connectivity index (χ3n) is 5.04. The van der Waals surface area contributed by atoms with E-state index in [1.54, 1.807) is 0 Å². The Morgan fingerprint density at radius 2 is 1.71 bits per heavy atom. The number of nitrogens with one attached hydrogen (secondary N) is 1. The fraction of sp³-hybridized carbons (Fsp3) is 0.318. The van der Waals surface area contributed by atoms with Gasteiger partial charge in [-0.25, -0.2) is 0 Å². The Hall–Kier alpha value is -2.35. The maximum absolute atomic E-state index is 13.3. The molecule has 1 unspecified atom stereocenters. The number of para-hydroxylation sites is 1. The lowest BCUT2D eigenvalue weighted by Gasteiger charge is -2.29. The van der Waals surface area contributed by atoms with E-state index < -0.39 is 5.41 Å². The molecule has 0 aliphatic rings. The van der Waals surface area contributed by atoms with Crippen LogP contribution in [0, 0.1) is 0 Å². The number of hydrogen-bond acceptors (Lipinski definition) is 1. The molecular weight excluding hydrogens is 294 g/mol. The van der Waals surface area contributed by atoms with Gasteiger partial charge in [-0.15, -0.1) is 0 Å². The summed E-state index contributed by atoms with van der Waals surface area (Å²) in [5, 5.41) is 1.13. The number of H-pyrrole nitrogens is 1. The maximum Gasteiger partial charge on any atom is 0.147 e. The van der Waals surface area contributed by atoms with Crippen molar-refractivity contribution in [1.82, 2.24) is 4.98 Å². The molecule has 0 fully saturated rings. The zero-order chi connectivity index (χ0) is 17.0. The van der Waals surface area contributed by atoms with Crippen molar-refractivity contribution in [3.8, 4) is 0 Å². The SMILES string of the molecule is CCCCCC(=O)C(C)(c1ccccc1)c1c[nH]c2ccccc12. The second-order valence-electron chi connectivity index (χ2n) is 6.62. The molecule has 2 aromatic carbocycles. The monoisotopic (exact) mass is 319 g/mol. The minimum absolute atomic E-state index is 0.298. The molecule has 0 amide bonds. The number of carbonyl (C=O) groups is 1. The first-order valence-corrected chi connectivity index (χ1v) is 8.83. The largest absolute Gasteiger partial charge is 0.361 e. The highest BCUT2D eigenvalue weighted by molar-refractivity contribution is 5.98. The van der Waals surface area contributed by atoms with Crippen LogP contribution in [0.15, 0.2) is 60.8 Å². The van der Waals surface area contributed by atoms with Crippen LogP contribution in [0.25, 0.3) is 10.9 Å². The molecule has 3 aromatic rings. The highest BCUT2D eigenvalue weighted by atomic mass is 16.1. The molecule has 124 valence electrons. The molecular formula is C22H25NO. The van der Waals surface area contributed by atoms with E-state index >= 15 is 0 Å². The summed E-state index contributed by atoms with van der Waals surface area (Å²) in [5.74, 6) is 0.298. The van der Waals surface area contributed by atoms with E-state index in [9.17, 15) is 4.79 Å². The summed E-state index contributed by atoms with van der Waals surface area (Å²) in [4.78, 5) is 16.6. The highest BCUT2D eigenvalue weighted by Gasteiger charge is 2.37. The fourth-order valence-corrected chi connectivity index (χ4v) is 3.51. The summed E-state index contributed by atoms with van der Waals surface area (Å²) in [7, 11) is 0. The number of carbonyl (C=O) groups excluding carboxylic acids is 1. The van der Waals surface area contributed by atoms with E-state index in [-0.39, 0.29) is 0 Å². The Morgan fingerprint density at radius 3 is 2.46 bits per heavy atom. The van der Waals surface area contributed by atoms with Gasteiger partial charge in [0.25, 0.3) is 0 Å². The van der Waals surface area contributed by atoms with Crippen LogP contribution >= 0.6 is 0 Å². The first-order chi connectivity index (χ1) is 11.7. The van der Waals surface area contributed by atoms with Crippen molar-refractivity contribution in [1.29, 1.82) is 0 Å². The van der Waals surface area contributed by atoms with Crippen LogP contribution in [0.1, 0.15) is 50.7 Å². The lowest BCUT2D eigenvalue weighted by atomic mass is 9.71. The standard InChI is InChI=1S/C22H25NO/c1-3-4-6-15-21(24)22(2,17-11-7-5-8-12-17)19-16-23-20-14-10-9-13-18(19)20/h5,7-14,16,23H,3-4,6,15H2,1-2H3. The van der Waals surface area contributed by atoms with E-state index in [4.69, 9.17) is 0 Å². The molecule has 1 heterocycles. The van der Waals surface area contributed by atoms with Crippen LogP contribution in [-0.2, 0) is 10.2 Å². The number of rotatable bonds is 7. The van der Waals surface area contributed by atoms with Crippen molar-refractivity contribution in [2.45, 2.75) is 44.9 Å². The summed E-state index contributed by atoms with van der Waals surface area (Å²) < 4.78 is 0. The summed E-state index contributed by atoms with van der Waals surface area (Å²) in [6.45, 7) is 4.24. The number of fused-ring (bicyclic) bond motifs is 1. The molecule has 2 nitrogen and oxygen atoms in total. The van der Waals surface area contributed by atoms with Gasteiger partial charge in [-0.05, 0) is 30.5 Å². The van der Waals surface area contributed by atoms with Gasteiger partial charge in [0, 0.05) is 23.5 Å². The van der Waals surface area contributed by atoms with Crippen molar-refractivity contribution < 1.29 is 4.79 Å². The van der Waals surface area contributed by atoms with Gasteiger partial charge in [0.2, 0.25) is 0 Å². The van der Waals surface area contributed by atoms with Crippen LogP contribution in [0.5, 0.6) is 0 Å². The third kappa shape index (κ3) is 2.89. The zero-order valence-electron chi connectivity index (χ0n) is 14.5. The molecule has 2 heteroatoms. The average molecular weight is 319 g/mol. The Kier molecular flexibility index (Phi) is 4.84. The van der Waals surface area contributed by atoms with Crippen molar-refractivity contribution in [3.63, 3.8) is 0 Å². The number of Topliss-reactive ketones (excluding diaryl/α,β-unsaturated/α-hetero) is 1. The second kappa shape index (κ2) is 7.04. The van der Waals surface area contributed by atoms with Crippen LogP contribution in [-0.4, -0.2) is 10.8 Å². The Bertz CT molecular complexity index is 818. The topological polar surface area (TPSA) is 32.9 Å². The van der Waals surface area contributed by atoms with E-state index in [1.165, 1.54) is 0 Å². The number of unbranched alkanes of at least 4 members (excludes halogenated alkanes) is 2. The van der Waals surface area contributed by atoms with Crippen LogP contribution in [0.2, 0.25) is 0 Å². The molecule has 1 atom stereocenters. The molecule has 0 saturated heterocycles. The quantitative estimate of drug-likeness (QED) is 0.563. The van der Waals surface area contributed by atoms with Gasteiger partial charge in [0.05, 0.1) is 5.41 Å². The second-order valence-corrected chi connectivity index (χ2v) is 6.62. The number of aromatic nitrogens is 1. The molecule has 0 aliphatic carbocycles. The number of aromatic amines is 1. The maximum atomic E-state index is 13.3. The van der Waals surface area contributed by atoms with E-state index in [1.807, 2.05) is 36.5 Å². The van der Waals surface area contributed by atoms with Crippen molar-refractivity contribution in [3.05, 3.63) is 71.9 Å². The van der Waals surface area contributed by atoms with Gasteiger partial charge in [-0.2, -0.15) is 0 Å². The van der Waals surface area contributed by atoms with Gasteiger partial charge >= 0.3 is 0 Å². The van der Waals surface area contributed by atoms with Gasteiger partial charge in [-0.1, -0.05) is 68.3 Å². The molecule has 1 N–H and O–H groups in total. The molecule has 0 aliphatic heterocycles. The molecule has 3 rings (SSSR count). The summed E-state index contributed by atoms with van der Waals surface area (Å²) in [5.41, 5.74) is 2.60. The van der Waals surface area contributed by atoms with E-state index in [2.05, 4.69) is 43.1 Å². The Balaban J connectivity index is 2.10.